The Kier molecular flexibility index (Phi) is 2.71. The lowest BCUT2D eigenvalue weighted by Gasteiger charge is -2.08. The molecular formula is C14H13ClN2O. The second-order valence-corrected chi connectivity index (χ2v) is 5.00. The Morgan fingerprint density at radius 2 is 2.06 bits per heavy atom. The predicted octanol–water partition coefficient (Wildman–Crippen LogP) is 2.89. The zero-order chi connectivity index (χ0) is 12.7. The van der Waals surface area contributed by atoms with Crippen molar-refractivity contribution >= 4 is 17.4 Å². The first-order chi connectivity index (χ1) is 8.66. The van der Waals surface area contributed by atoms with Crippen LogP contribution in [0, 0.1) is 6.92 Å². The van der Waals surface area contributed by atoms with E-state index in [4.69, 9.17) is 11.6 Å². The van der Waals surface area contributed by atoms with Crippen LogP contribution in [0.4, 0.5) is 0 Å². The number of carbonyl (C=O) groups is 1. The van der Waals surface area contributed by atoms with Gasteiger partial charge in [0.25, 0.3) is 0 Å². The summed E-state index contributed by atoms with van der Waals surface area (Å²) in [6, 6.07) is 7.62. The number of halogens is 1. The summed E-state index contributed by atoms with van der Waals surface area (Å²) in [5.74, 6) is 0.296. The Morgan fingerprint density at radius 3 is 2.83 bits per heavy atom. The van der Waals surface area contributed by atoms with Crippen LogP contribution in [-0.2, 0) is 17.6 Å². The third-order valence-corrected chi connectivity index (χ3v) is 3.74. The molecule has 0 bridgehead atoms. The van der Waals surface area contributed by atoms with Gasteiger partial charge in [-0.25, -0.2) is 4.68 Å². The van der Waals surface area contributed by atoms with E-state index in [9.17, 15) is 4.79 Å². The van der Waals surface area contributed by atoms with E-state index >= 15 is 0 Å². The monoisotopic (exact) mass is 260 g/mol. The van der Waals surface area contributed by atoms with Crippen molar-refractivity contribution in [3.8, 4) is 5.69 Å². The third kappa shape index (κ3) is 1.75. The number of fused-ring (bicyclic) bond motifs is 1. The van der Waals surface area contributed by atoms with Gasteiger partial charge in [0.05, 0.1) is 16.4 Å². The number of carbonyl (C=O) groups excluding carboxylic acids is 1. The van der Waals surface area contributed by atoms with Crippen LogP contribution in [0.3, 0.4) is 0 Å². The molecule has 1 heterocycles. The molecule has 4 heteroatoms. The van der Waals surface area contributed by atoms with Crippen molar-refractivity contribution in [3.05, 3.63) is 46.2 Å². The lowest BCUT2D eigenvalue weighted by Crippen LogP contribution is -2.12. The van der Waals surface area contributed by atoms with Gasteiger partial charge in [0, 0.05) is 24.1 Å². The molecule has 0 saturated heterocycles. The van der Waals surface area contributed by atoms with Crippen molar-refractivity contribution in [2.75, 3.05) is 0 Å². The Hall–Kier alpha value is -1.61. The molecule has 1 aromatic carbocycles. The number of aryl methyl sites for hydroxylation is 1. The van der Waals surface area contributed by atoms with Crippen LogP contribution in [0.1, 0.15) is 23.4 Å². The highest BCUT2D eigenvalue weighted by atomic mass is 35.5. The zero-order valence-electron chi connectivity index (χ0n) is 10.1. The maximum atomic E-state index is 11.5. The summed E-state index contributed by atoms with van der Waals surface area (Å²) in [6.07, 6.45) is 1.85. The molecule has 3 nitrogen and oxygen atoms in total. The smallest absolute Gasteiger partial charge is 0.137 e. The molecular weight excluding hydrogens is 248 g/mol. The lowest BCUT2D eigenvalue weighted by molar-refractivity contribution is -0.118. The van der Waals surface area contributed by atoms with Crippen molar-refractivity contribution in [2.24, 2.45) is 0 Å². The normalized spacial score (nSPS) is 14.7. The van der Waals surface area contributed by atoms with Gasteiger partial charge in [-0.15, -0.1) is 0 Å². The molecule has 0 N–H and O–H groups in total. The standard InChI is InChI=1S/C14H13ClN2O/c1-9-11-8-10(18)6-7-13(11)16-17(9)14-5-3-2-4-12(14)15/h2-5H,6-8H2,1H3. The zero-order valence-corrected chi connectivity index (χ0v) is 10.9. The molecule has 1 aromatic heterocycles. The number of hydrogen-bond donors (Lipinski definition) is 0. The van der Waals surface area contributed by atoms with Gasteiger partial charge in [0.15, 0.2) is 0 Å². The predicted molar refractivity (Wildman–Crippen MR) is 70.3 cm³/mol. The number of hydrogen-bond acceptors (Lipinski definition) is 2. The number of aromatic nitrogens is 2. The summed E-state index contributed by atoms with van der Waals surface area (Å²) in [5.41, 5.74) is 4.00. The fourth-order valence-corrected chi connectivity index (χ4v) is 2.64. The Labute approximate surface area is 110 Å². The van der Waals surface area contributed by atoms with Gasteiger partial charge in [-0.05, 0) is 25.5 Å². The minimum absolute atomic E-state index is 0.296. The Morgan fingerprint density at radius 1 is 1.28 bits per heavy atom. The largest absolute Gasteiger partial charge is 0.299 e. The van der Waals surface area contributed by atoms with Crippen molar-refractivity contribution in [2.45, 2.75) is 26.2 Å². The van der Waals surface area contributed by atoms with Gasteiger partial charge in [-0.1, -0.05) is 23.7 Å². The molecule has 92 valence electrons. The van der Waals surface area contributed by atoms with Crippen LogP contribution in [0.5, 0.6) is 0 Å². The number of nitrogens with zero attached hydrogens (tertiary/aromatic N) is 2. The van der Waals surface area contributed by atoms with E-state index in [1.165, 1.54) is 0 Å². The van der Waals surface area contributed by atoms with Crippen molar-refractivity contribution < 1.29 is 4.79 Å². The van der Waals surface area contributed by atoms with Gasteiger partial charge in [0.2, 0.25) is 0 Å². The maximum absolute atomic E-state index is 11.5. The summed E-state index contributed by atoms with van der Waals surface area (Å²) >= 11 is 6.20. The number of para-hydroxylation sites is 1. The average Bonchev–Trinajstić information content (AvgIpc) is 2.68. The molecule has 1 aliphatic carbocycles. The number of Topliss-reactive ketones (excluding diaryl/α,β-unsaturated/α-hetero) is 1. The van der Waals surface area contributed by atoms with Gasteiger partial charge < -0.3 is 0 Å². The molecule has 2 aromatic rings. The number of benzene rings is 1. The van der Waals surface area contributed by atoms with E-state index in [-0.39, 0.29) is 0 Å². The van der Waals surface area contributed by atoms with E-state index in [0.29, 0.717) is 23.6 Å². The molecule has 3 rings (SSSR count). The molecule has 0 unspecified atom stereocenters. The van der Waals surface area contributed by atoms with Gasteiger partial charge in [-0.2, -0.15) is 5.10 Å². The highest BCUT2D eigenvalue weighted by molar-refractivity contribution is 6.32. The topological polar surface area (TPSA) is 34.9 Å². The maximum Gasteiger partial charge on any atom is 0.137 e. The minimum Gasteiger partial charge on any atom is -0.299 e. The second kappa shape index (κ2) is 4.25. The lowest BCUT2D eigenvalue weighted by atomic mass is 9.95. The van der Waals surface area contributed by atoms with E-state index in [1.54, 1.807) is 0 Å². The molecule has 0 saturated carbocycles. The van der Waals surface area contributed by atoms with Crippen LogP contribution in [-0.4, -0.2) is 15.6 Å². The molecule has 0 amide bonds. The van der Waals surface area contributed by atoms with Crippen LogP contribution in [0.15, 0.2) is 24.3 Å². The Balaban J connectivity index is 2.15. The summed E-state index contributed by atoms with van der Waals surface area (Å²) in [5, 5.41) is 5.27. The quantitative estimate of drug-likeness (QED) is 0.790. The van der Waals surface area contributed by atoms with E-state index < -0.39 is 0 Å². The van der Waals surface area contributed by atoms with Gasteiger partial charge in [-0.3, -0.25) is 4.79 Å². The van der Waals surface area contributed by atoms with Crippen LogP contribution >= 0.6 is 11.6 Å². The Bertz CT molecular complexity index is 631. The second-order valence-electron chi connectivity index (χ2n) is 4.59. The number of ketones is 1. The fraction of sp³-hybridized carbons (Fsp3) is 0.286. The highest BCUT2D eigenvalue weighted by Crippen LogP contribution is 2.27. The SMILES string of the molecule is Cc1c2c(nn1-c1ccccc1Cl)CCC(=O)C2. The molecule has 0 fully saturated rings. The molecule has 18 heavy (non-hydrogen) atoms. The average molecular weight is 261 g/mol. The first-order valence-electron chi connectivity index (χ1n) is 6.01. The van der Waals surface area contributed by atoms with Crippen molar-refractivity contribution in [1.82, 2.24) is 9.78 Å². The van der Waals surface area contributed by atoms with Crippen LogP contribution in [0.25, 0.3) is 5.69 Å². The van der Waals surface area contributed by atoms with Crippen LogP contribution < -0.4 is 0 Å². The molecule has 1 aliphatic rings. The van der Waals surface area contributed by atoms with Crippen molar-refractivity contribution in [1.29, 1.82) is 0 Å². The summed E-state index contributed by atoms with van der Waals surface area (Å²) in [7, 11) is 0. The van der Waals surface area contributed by atoms with E-state index in [1.807, 2.05) is 35.9 Å². The van der Waals surface area contributed by atoms with E-state index in [2.05, 4.69) is 5.10 Å². The molecule has 0 aliphatic heterocycles. The third-order valence-electron chi connectivity index (χ3n) is 3.42. The summed E-state index contributed by atoms with van der Waals surface area (Å²) < 4.78 is 1.85. The molecule has 0 radical (unpaired) electrons. The number of rotatable bonds is 1. The molecule has 0 spiro atoms. The van der Waals surface area contributed by atoms with Crippen LogP contribution in [0.2, 0.25) is 5.02 Å². The van der Waals surface area contributed by atoms with Gasteiger partial charge in [0.1, 0.15) is 5.78 Å². The minimum atomic E-state index is 0.296. The fourth-order valence-electron chi connectivity index (χ4n) is 2.42. The summed E-state index contributed by atoms with van der Waals surface area (Å²) in [6.45, 7) is 1.99. The van der Waals surface area contributed by atoms with Crippen molar-refractivity contribution in [3.63, 3.8) is 0 Å². The van der Waals surface area contributed by atoms with Gasteiger partial charge >= 0.3 is 0 Å². The first kappa shape index (κ1) is 11.5. The highest BCUT2D eigenvalue weighted by Gasteiger charge is 2.23. The first-order valence-corrected chi connectivity index (χ1v) is 6.38. The van der Waals surface area contributed by atoms with E-state index in [0.717, 1.165) is 29.1 Å². The summed E-state index contributed by atoms with van der Waals surface area (Å²) in [4.78, 5) is 11.5. The molecule has 0 atom stereocenters.